The summed E-state index contributed by atoms with van der Waals surface area (Å²) in [5, 5.41) is 16.8. The fourth-order valence-electron chi connectivity index (χ4n) is 3.08. The number of aliphatic hydroxyl groups excluding tert-OH is 1. The molecular weight excluding hydrogens is 412 g/mol. The van der Waals surface area contributed by atoms with Crippen molar-refractivity contribution in [2.75, 3.05) is 22.3 Å². The molecule has 9 heteroatoms. The van der Waals surface area contributed by atoms with Gasteiger partial charge in [-0.1, -0.05) is 25.1 Å². The summed E-state index contributed by atoms with van der Waals surface area (Å²) in [6, 6.07) is 11.2. The van der Waals surface area contributed by atoms with E-state index in [0.29, 0.717) is 17.7 Å². The van der Waals surface area contributed by atoms with Gasteiger partial charge in [0.2, 0.25) is 10.0 Å². The van der Waals surface area contributed by atoms with Crippen LogP contribution in [-0.2, 0) is 10.0 Å². The van der Waals surface area contributed by atoms with E-state index in [4.69, 9.17) is 0 Å². The van der Waals surface area contributed by atoms with Gasteiger partial charge >= 0.3 is 0 Å². The Balaban J connectivity index is 1.88. The molecule has 6 nitrogen and oxygen atoms in total. The average molecular weight is 435 g/mol. The molecule has 2 aromatic carbocycles. The van der Waals surface area contributed by atoms with Crippen molar-refractivity contribution in [3.63, 3.8) is 0 Å². The van der Waals surface area contributed by atoms with Gasteiger partial charge in [0.15, 0.2) is 5.82 Å². The largest absolute Gasteiger partial charge is 0.385 e. The summed E-state index contributed by atoms with van der Waals surface area (Å²) < 4.78 is 55.4. The Labute approximate surface area is 174 Å². The number of hydrogen-bond acceptors (Lipinski definition) is 5. The first-order valence-electron chi connectivity index (χ1n) is 9.43. The monoisotopic (exact) mass is 435 g/mol. The van der Waals surface area contributed by atoms with Gasteiger partial charge in [-0.15, -0.1) is 0 Å². The Morgan fingerprint density at radius 3 is 2.60 bits per heavy atom. The summed E-state index contributed by atoms with van der Waals surface area (Å²) in [7, 11) is -3.77. The summed E-state index contributed by atoms with van der Waals surface area (Å²) in [6.07, 6.45) is 2.02. The van der Waals surface area contributed by atoms with Crippen LogP contribution in [0.4, 0.5) is 20.2 Å². The van der Waals surface area contributed by atoms with Crippen LogP contribution in [0.1, 0.15) is 25.0 Å². The number of benzene rings is 2. The maximum absolute atomic E-state index is 14.9. The molecule has 1 aliphatic heterocycles. The van der Waals surface area contributed by atoms with Crippen molar-refractivity contribution in [2.24, 2.45) is 0 Å². The van der Waals surface area contributed by atoms with Gasteiger partial charge in [0.25, 0.3) is 0 Å². The first kappa shape index (κ1) is 21.8. The number of aliphatic hydroxyl groups is 1. The van der Waals surface area contributed by atoms with Crippen molar-refractivity contribution in [1.82, 2.24) is 5.32 Å². The molecule has 0 saturated carbocycles. The Morgan fingerprint density at radius 1 is 1.17 bits per heavy atom. The van der Waals surface area contributed by atoms with Crippen LogP contribution >= 0.6 is 0 Å². The minimum atomic E-state index is -3.77. The zero-order valence-electron chi connectivity index (χ0n) is 16.3. The second kappa shape index (κ2) is 9.27. The number of halogens is 2. The Kier molecular flexibility index (Phi) is 6.73. The molecule has 0 bridgehead atoms. The molecule has 0 aromatic heterocycles. The van der Waals surface area contributed by atoms with Crippen molar-refractivity contribution in [1.29, 1.82) is 0 Å². The van der Waals surface area contributed by atoms with E-state index in [0.717, 1.165) is 17.8 Å². The normalized spacial score (nSPS) is 14.9. The maximum Gasteiger partial charge on any atom is 0.232 e. The highest BCUT2D eigenvalue weighted by atomic mass is 32.2. The van der Waals surface area contributed by atoms with Gasteiger partial charge < -0.3 is 15.7 Å². The molecule has 160 valence electrons. The van der Waals surface area contributed by atoms with Crippen LogP contribution in [-0.4, -0.2) is 25.8 Å². The number of allylic oxidation sites excluding steroid dienone is 1. The quantitative estimate of drug-likeness (QED) is 0.508. The SMILES string of the molecule is CCCS(=O)(=O)Nc1ccc(F)c(C(O)C2=CC(Nc3ccccc3)=CNC2)c1F. The van der Waals surface area contributed by atoms with Gasteiger partial charge in [0.1, 0.15) is 11.9 Å². The van der Waals surface area contributed by atoms with Crippen LogP contribution in [0.5, 0.6) is 0 Å². The molecule has 0 saturated heterocycles. The van der Waals surface area contributed by atoms with E-state index in [-0.39, 0.29) is 12.3 Å². The van der Waals surface area contributed by atoms with Crippen molar-refractivity contribution in [3.05, 3.63) is 83.2 Å². The molecule has 0 aliphatic carbocycles. The third-order valence-corrected chi connectivity index (χ3v) is 5.93. The van der Waals surface area contributed by atoms with Gasteiger partial charge in [-0.2, -0.15) is 0 Å². The molecule has 1 heterocycles. The van der Waals surface area contributed by atoms with Gasteiger partial charge in [-0.05, 0) is 42.3 Å². The minimum absolute atomic E-state index is 0.172. The molecule has 1 aliphatic rings. The Bertz CT molecular complexity index is 1070. The van der Waals surface area contributed by atoms with Crippen molar-refractivity contribution < 1.29 is 22.3 Å². The molecule has 0 spiro atoms. The van der Waals surface area contributed by atoms with Gasteiger partial charge in [-0.25, -0.2) is 17.2 Å². The summed E-state index contributed by atoms with van der Waals surface area (Å²) >= 11 is 0. The van der Waals surface area contributed by atoms with Crippen LogP contribution in [0.25, 0.3) is 0 Å². The number of para-hydroxylation sites is 1. The lowest BCUT2D eigenvalue weighted by Gasteiger charge is -2.22. The fraction of sp³-hybridized carbons (Fsp3) is 0.238. The van der Waals surface area contributed by atoms with E-state index >= 15 is 0 Å². The van der Waals surface area contributed by atoms with E-state index < -0.39 is 39.0 Å². The number of hydrogen-bond donors (Lipinski definition) is 4. The second-order valence-corrected chi connectivity index (χ2v) is 8.68. The van der Waals surface area contributed by atoms with Crippen LogP contribution in [0, 0.1) is 11.6 Å². The van der Waals surface area contributed by atoms with E-state index in [1.54, 1.807) is 19.2 Å². The molecule has 0 amide bonds. The number of sulfonamides is 1. The summed E-state index contributed by atoms with van der Waals surface area (Å²) in [6.45, 7) is 1.85. The summed E-state index contributed by atoms with van der Waals surface area (Å²) in [5.74, 6) is -2.31. The Hall–Kier alpha value is -2.91. The fourth-order valence-corrected chi connectivity index (χ4v) is 4.21. The van der Waals surface area contributed by atoms with Crippen LogP contribution < -0.4 is 15.4 Å². The smallest absolute Gasteiger partial charge is 0.232 e. The molecular formula is C21H23F2N3O3S. The number of anilines is 2. The van der Waals surface area contributed by atoms with E-state index in [1.165, 1.54) is 0 Å². The van der Waals surface area contributed by atoms with Gasteiger partial charge in [-0.3, -0.25) is 4.72 Å². The van der Waals surface area contributed by atoms with Crippen LogP contribution in [0.15, 0.2) is 66.0 Å². The van der Waals surface area contributed by atoms with Crippen molar-refractivity contribution in [3.8, 4) is 0 Å². The molecule has 1 atom stereocenters. The zero-order valence-corrected chi connectivity index (χ0v) is 17.1. The van der Waals surface area contributed by atoms with Crippen LogP contribution in [0.2, 0.25) is 0 Å². The lowest BCUT2D eigenvalue weighted by Crippen LogP contribution is -2.23. The lowest BCUT2D eigenvalue weighted by molar-refractivity contribution is 0.201. The van der Waals surface area contributed by atoms with E-state index in [9.17, 15) is 22.3 Å². The molecule has 1 unspecified atom stereocenters. The van der Waals surface area contributed by atoms with Crippen molar-refractivity contribution in [2.45, 2.75) is 19.4 Å². The molecule has 3 rings (SSSR count). The predicted octanol–water partition coefficient (Wildman–Crippen LogP) is 3.63. The molecule has 4 N–H and O–H groups in total. The van der Waals surface area contributed by atoms with Crippen LogP contribution in [0.3, 0.4) is 0 Å². The first-order valence-corrected chi connectivity index (χ1v) is 11.1. The van der Waals surface area contributed by atoms with Crippen molar-refractivity contribution >= 4 is 21.4 Å². The highest BCUT2D eigenvalue weighted by Crippen LogP contribution is 2.32. The second-order valence-electron chi connectivity index (χ2n) is 6.84. The van der Waals surface area contributed by atoms with E-state index in [1.807, 2.05) is 30.3 Å². The summed E-state index contributed by atoms with van der Waals surface area (Å²) in [4.78, 5) is 0. The maximum atomic E-state index is 14.9. The highest BCUT2D eigenvalue weighted by Gasteiger charge is 2.26. The van der Waals surface area contributed by atoms with Gasteiger partial charge in [0, 0.05) is 18.4 Å². The zero-order chi connectivity index (χ0) is 21.7. The number of dihydropyridines is 1. The Morgan fingerprint density at radius 2 is 1.90 bits per heavy atom. The molecule has 0 fully saturated rings. The first-order chi connectivity index (χ1) is 14.3. The minimum Gasteiger partial charge on any atom is -0.385 e. The summed E-state index contributed by atoms with van der Waals surface area (Å²) in [5.41, 5.74) is 0.716. The third-order valence-electron chi connectivity index (χ3n) is 4.46. The predicted molar refractivity (Wildman–Crippen MR) is 113 cm³/mol. The molecule has 30 heavy (non-hydrogen) atoms. The topological polar surface area (TPSA) is 90.5 Å². The molecule has 2 aromatic rings. The standard InChI is InChI=1S/C21H23F2N3O3S/c1-2-10-30(28,29)26-18-9-8-17(22)19(20(18)23)21(27)14-11-16(13-24-12-14)25-15-6-4-3-5-7-15/h3-9,11,13,21,24-27H,2,10,12H2,1H3. The third kappa shape index (κ3) is 5.17. The number of rotatable bonds is 8. The molecule has 0 radical (unpaired) electrons. The lowest BCUT2D eigenvalue weighted by atomic mass is 9.97. The highest BCUT2D eigenvalue weighted by molar-refractivity contribution is 7.92. The number of nitrogens with one attached hydrogen (secondary N) is 3. The van der Waals surface area contributed by atoms with Gasteiger partial charge in [0.05, 0.1) is 22.7 Å². The van der Waals surface area contributed by atoms with E-state index in [2.05, 4.69) is 15.4 Å². The average Bonchev–Trinajstić information content (AvgIpc) is 2.71.